The largest absolute Gasteiger partial charge is 0.314 e. The first kappa shape index (κ1) is 11.4. The fraction of sp³-hybridized carbons (Fsp3) is 1.00. The van der Waals surface area contributed by atoms with E-state index in [-0.39, 0.29) is 0 Å². The SMILES string of the molecule is CC1(C)CC1NCCCC1CCCCN1. The molecule has 2 nitrogen and oxygen atoms in total. The van der Waals surface area contributed by atoms with Gasteiger partial charge in [-0.1, -0.05) is 20.3 Å². The second-order valence-electron chi connectivity index (χ2n) is 5.99. The van der Waals surface area contributed by atoms with Gasteiger partial charge in [0.2, 0.25) is 0 Å². The lowest BCUT2D eigenvalue weighted by atomic mass is 10.0. The van der Waals surface area contributed by atoms with Crippen LogP contribution in [0.25, 0.3) is 0 Å². The maximum absolute atomic E-state index is 3.66. The summed E-state index contributed by atoms with van der Waals surface area (Å²) in [6.07, 6.45) is 8.28. The minimum absolute atomic E-state index is 0.586. The molecule has 0 spiro atoms. The van der Waals surface area contributed by atoms with Gasteiger partial charge < -0.3 is 10.6 Å². The van der Waals surface area contributed by atoms with Crippen molar-refractivity contribution in [3.63, 3.8) is 0 Å². The third-order valence-corrected chi connectivity index (χ3v) is 4.05. The summed E-state index contributed by atoms with van der Waals surface area (Å²) in [7, 11) is 0. The van der Waals surface area contributed by atoms with Crippen molar-refractivity contribution in [2.75, 3.05) is 13.1 Å². The highest BCUT2D eigenvalue weighted by Gasteiger charge is 2.44. The predicted molar refractivity (Wildman–Crippen MR) is 65.1 cm³/mol. The van der Waals surface area contributed by atoms with Crippen LogP contribution in [0.15, 0.2) is 0 Å². The smallest absolute Gasteiger partial charge is 0.0124 e. The molecule has 1 saturated heterocycles. The lowest BCUT2D eigenvalue weighted by molar-refractivity contribution is 0.371. The van der Waals surface area contributed by atoms with E-state index in [1.807, 2.05) is 0 Å². The molecule has 2 unspecified atom stereocenters. The highest BCUT2D eigenvalue weighted by Crippen LogP contribution is 2.44. The van der Waals surface area contributed by atoms with Crippen molar-refractivity contribution < 1.29 is 0 Å². The molecule has 0 amide bonds. The number of hydrogen-bond acceptors (Lipinski definition) is 2. The highest BCUT2D eigenvalue weighted by atomic mass is 15.0. The van der Waals surface area contributed by atoms with Crippen molar-refractivity contribution in [2.45, 2.75) is 64.5 Å². The Morgan fingerprint density at radius 3 is 2.73 bits per heavy atom. The van der Waals surface area contributed by atoms with Gasteiger partial charge >= 0.3 is 0 Å². The van der Waals surface area contributed by atoms with Gasteiger partial charge in [0, 0.05) is 12.1 Å². The Morgan fingerprint density at radius 1 is 1.33 bits per heavy atom. The summed E-state index contributed by atoms with van der Waals surface area (Å²) in [5, 5.41) is 7.27. The third-order valence-electron chi connectivity index (χ3n) is 4.05. The Hall–Kier alpha value is -0.0800. The average Bonchev–Trinajstić information content (AvgIpc) is 2.83. The Morgan fingerprint density at radius 2 is 2.13 bits per heavy atom. The fourth-order valence-corrected chi connectivity index (χ4v) is 2.61. The summed E-state index contributed by atoms with van der Waals surface area (Å²) >= 11 is 0. The molecule has 1 aliphatic carbocycles. The maximum atomic E-state index is 3.66. The van der Waals surface area contributed by atoms with E-state index in [1.165, 1.54) is 51.6 Å². The molecular weight excluding hydrogens is 184 g/mol. The Balaban J connectivity index is 1.48. The lowest BCUT2D eigenvalue weighted by Crippen LogP contribution is -2.34. The van der Waals surface area contributed by atoms with Crippen LogP contribution in [0.1, 0.15) is 52.4 Å². The van der Waals surface area contributed by atoms with Crippen molar-refractivity contribution >= 4 is 0 Å². The molecular formula is C13H26N2. The van der Waals surface area contributed by atoms with Crippen LogP contribution >= 0.6 is 0 Å². The zero-order valence-corrected chi connectivity index (χ0v) is 10.3. The second-order valence-corrected chi connectivity index (χ2v) is 5.99. The quantitative estimate of drug-likeness (QED) is 0.680. The molecule has 2 rings (SSSR count). The number of piperidine rings is 1. The van der Waals surface area contributed by atoms with E-state index in [4.69, 9.17) is 0 Å². The summed E-state index contributed by atoms with van der Waals surface area (Å²) in [5.41, 5.74) is 0.586. The summed E-state index contributed by atoms with van der Waals surface area (Å²) in [4.78, 5) is 0. The molecule has 1 heterocycles. The van der Waals surface area contributed by atoms with E-state index in [2.05, 4.69) is 24.5 Å². The molecule has 2 N–H and O–H groups in total. The van der Waals surface area contributed by atoms with E-state index in [9.17, 15) is 0 Å². The van der Waals surface area contributed by atoms with Gasteiger partial charge in [-0.25, -0.2) is 0 Å². The molecule has 2 heteroatoms. The normalized spacial score (nSPS) is 34.0. The second kappa shape index (κ2) is 4.84. The molecule has 88 valence electrons. The molecule has 2 fully saturated rings. The van der Waals surface area contributed by atoms with Crippen LogP contribution in [0.5, 0.6) is 0 Å². The minimum atomic E-state index is 0.586. The predicted octanol–water partition coefficient (Wildman–Crippen LogP) is 2.30. The molecule has 15 heavy (non-hydrogen) atoms. The van der Waals surface area contributed by atoms with Gasteiger partial charge in [0.1, 0.15) is 0 Å². The molecule has 0 aromatic rings. The monoisotopic (exact) mass is 210 g/mol. The minimum Gasteiger partial charge on any atom is -0.314 e. The molecule has 1 aliphatic heterocycles. The standard InChI is InChI=1S/C13H26N2/c1-13(2)10-12(13)15-9-5-7-11-6-3-4-8-14-11/h11-12,14-15H,3-10H2,1-2H3. The topological polar surface area (TPSA) is 24.1 Å². The van der Waals surface area contributed by atoms with Crippen molar-refractivity contribution in [3.05, 3.63) is 0 Å². The number of nitrogens with one attached hydrogen (secondary N) is 2. The van der Waals surface area contributed by atoms with E-state index in [1.54, 1.807) is 0 Å². The van der Waals surface area contributed by atoms with E-state index in [0.717, 1.165) is 12.1 Å². The van der Waals surface area contributed by atoms with Gasteiger partial charge in [-0.05, 0) is 50.6 Å². The highest BCUT2D eigenvalue weighted by molar-refractivity contribution is 5.01. The van der Waals surface area contributed by atoms with Crippen molar-refractivity contribution in [1.82, 2.24) is 10.6 Å². The van der Waals surface area contributed by atoms with Crippen molar-refractivity contribution in [3.8, 4) is 0 Å². The Kier molecular flexibility index (Phi) is 3.68. The summed E-state index contributed by atoms with van der Waals surface area (Å²) in [6, 6.07) is 1.62. The molecule has 0 bridgehead atoms. The fourth-order valence-electron chi connectivity index (χ4n) is 2.61. The van der Waals surface area contributed by atoms with E-state index < -0.39 is 0 Å². The number of hydrogen-bond donors (Lipinski definition) is 2. The molecule has 0 aromatic heterocycles. The van der Waals surface area contributed by atoms with Gasteiger partial charge in [-0.2, -0.15) is 0 Å². The third kappa shape index (κ3) is 3.46. The molecule has 2 atom stereocenters. The first-order valence-electron chi connectivity index (χ1n) is 6.65. The Bertz CT molecular complexity index is 195. The van der Waals surface area contributed by atoms with Crippen molar-refractivity contribution in [2.24, 2.45) is 5.41 Å². The maximum Gasteiger partial charge on any atom is 0.0124 e. The molecule has 2 aliphatic rings. The van der Waals surface area contributed by atoms with Crippen LogP contribution in [-0.2, 0) is 0 Å². The van der Waals surface area contributed by atoms with Crippen LogP contribution in [0.3, 0.4) is 0 Å². The molecule has 1 saturated carbocycles. The van der Waals surface area contributed by atoms with Gasteiger partial charge in [0.15, 0.2) is 0 Å². The molecule has 0 radical (unpaired) electrons. The summed E-state index contributed by atoms with van der Waals surface area (Å²) in [6.45, 7) is 7.17. The van der Waals surface area contributed by atoms with Crippen LogP contribution in [0.2, 0.25) is 0 Å². The lowest BCUT2D eigenvalue weighted by Gasteiger charge is -2.23. The van der Waals surface area contributed by atoms with Crippen LogP contribution in [-0.4, -0.2) is 25.2 Å². The summed E-state index contributed by atoms with van der Waals surface area (Å²) < 4.78 is 0. The van der Waals surface area contributed by atoms with E-state index in [0.29, 0.717) is 5.41 Å². The van der Waals surface area contributed by atoms with Crippen LogP contribution < -0.4 is 10.6 Å². The van der Waals surface area contributed by atoms with Crippen LogP contribution in [0.4, 0.5) is 0 Å². The van der Waals surface area contributed by atoms with Gasteiger partial charge in [0.05, 0.1) is 0 Å². The number of rotatable bonds is 5. The summed E-state index contributed by atoms with van der Waals surface area (Å²) in [5.74, 6) is 0. The van der Waals surface area contributed by atoms with Gasteiger partial charge in [-0.15, -0.1) is 0 Å². The van der Waals surface area contributed by atoms with Gasteiger partial charge in [0.25, 0.3) is 0 Å². The zero-order valence-electron chi connectivity index (χ0n) is 10.3. The zero-order chi connectivity index (χ0) is 10.7. The Labute approximate surface area is 94.2 Å². The first-order chi connectivity index (χ1) is 7.18. The van der Waals surface area contributed by atoms with Crippen LogP contribution in [0, 0.1) is 5.41 Å². The van der Waals surface area contributed by atoms with Crippen molar-refractivity contribution in [1.29, 1.82) is 0 Å². The first-order valence-corrected chi connectivity index (χ1v) is 6.65. The van der Waals surface area contributed by atoms with Gasteiger partial charge in [-0.3, -0.25) is 0 Å². The average molecular weight is 210 g/mol. The van der Waals surface area contributed by atoms with E-state index >= 15 is 0 Å². The molecule has 0 aromatic carbocycles.